The Kier molecular flexibility index (Phi) is 3.71. The van der Waals surface area contributed by atoms with E-state index in [1.165, 1.54) is 30.0 Å². The molecule has 19 heavy (non-hydrogen) atoms. The fraction of sp³-hybridized carbons (Fsp3) is 0.273. The Morgan fingerprint density at radius 3 is 2.89 bits per heavy atom. The number of aromatic nitrogens is 3. The number of hydrogen-bond acceptors (Lipinski definition) is 6. The van der Waals surface area contributed by atoms with Crippen LogP contribution < -0.4 is 4.74 Å². The van der Waals surface area contributed by atoms with Crippen LogP contribution in [-0.4, -0.2) is 32.1 Å². The summed E-state index contributed by atoms with van der Waals surface area (Å²) >= 11 is 0. The summed E-state index contributed by atoms with van der Waals surface area (Å²) in [5.74, 6) is 0.534. The molecule has 8 heteroatoms. The predicted octanol–water partition coefficient (Wildman–Crippen LogP) is 0.735. The fourth-order valence-electron chi connectivity index (χ4n) is 1.66. The monoisotopic (exact) mass is 264 g/mol. The van der Waals surface area contributed by atoms with Crippen LogP contribution in [0.1, 0.15) is 11.3 Å². The lowest BCUT2D eigenvalue weighted by Gasteiger charge is -2.07. The summed E-state index contributed by atoms with van der Waals surface area (Å²) in [5.41, 5.74) is 1.04. The van der Waals surface area contributed by atoms with Crippen LogP contribution >= 0.6 is 0 Å². The van der Waals surface area contributed by atoms with Gasteiger partial charge in [-0.2, -0.15) is 0 Å². The third-order valence-corrected chi connectivity index (χ3v) is 2.56. The highest BCUT2D eigenvalue weighted by atomic mass is 16.6. The normalized spacial score (nSPS) is 10.4. The van der Waals surface area contributed by atoms with E-state index in [4.69, 9.17) is 9.84 Å². The van der Waals surface area contributed by atoms with Gasteiger partial charge >= 0.3 is 0 Å². The summed E-state index contributed by atoms with van der Waals surface area (Å²) in [6.07, 6.45) is 1.57. The first kappa shape index (κ1) is 13.0. The molecule has 0 amide bonds. The van der Waals surface area contributed by atoms with E-state index in [0.29, 0.717) is 17.0 Å². The van der Waals surface area contributed by atoms with Crippen LogP contribution in [0, 0.1) is 10.1 Å². The number of non-ortho nitro benzene ring substituents is 1. The molecule has 0 saturated carbocycles. The summed E-state index contributed by atoms with van der Waals surface area (Å²) in [5, 5.41) is 27.2. The van der Waals surface area contributed by atoms with Crippen LogP contribution in [0.3, 0.4) is 0 Å². The predicted molar refractivity (Wildman–Crippen MR) is 64.7 cm³/mol. The van der Waals surface area contributed by atoms with Crippen LogP contribution in [0.4, 0.5) is 5.69 Å². The zero-order valence-electron chi connectivity index (χ0n) is 10.2. The van der Waals surface area contributed by atoms with E-state index in [1.54, 1.807) is 6.20 Å². The van der Waals surface area contributed by atoms with Gasteiger partial charge in [0.1, 0.15) is 11.4 Å². The molecule has 0 radical (unpaired) electrons. The van der Waals surface area contributed by atoms with Gasteiger partial charge in [-0.05, 0) is 6.07 Å². The van der Waals surface area contributed by atoms with Crippen molar-refractivity contribution in [1.82, 2.24) is 15.0 Å². The number of hydrogen-bond donors (Lipinski definition) is 1. The summed E-state index contributed by atoms with van der Waals surface area (Å²) in [6, 6.07) is 4.35. The number of nitro benzene ring substituents is 1. The van der Waals surface area contributed by atoms with Crippen molar-refractivity contribution < 1.29 is 14.8 Å². The number of aliphatic hydroxyl groups is 1. The number of nitro groups is 1. The molecule has 8 nitrogen and oxygen atoms in total. The van der Waals surface area contributed by atoms with Crippen molar-refractivity contribution in [3.63, 3.8) is 0 Å². The van der Waals surface area contributed by atoms with Crippen LogP contribution in [0.2, 0.25) is 0 Å². The van der Waals surface area contributed by atoms with Crippen molar-refractivity contribution in [2.75, 3.05) is 7.11 Å². The fourth-order valence-corrected chi connectivity index (χ4v) is 1.66. The highest BCUT2D eigenvalue weighted by Crippen LogP contribution is 2.24. The molecule has 0 unspecified atom stereocenters. The highest BCUT2D eigenvalue weighted by Gasteiger charge is 2.12. The molecular formula is C11H12N4O4. The minimum atomic E-state index is -0.469. The van der Waals surface area contributed by atoms with Crippen molar-refractivity contribution in [1.29, 1.82) is 0 Å². The van der Waals surface area contributed by atoms with Crippen LogP contribution in [0.15, 0.2) is 24.4 Å². The van der Waals surface area contributed by atoms with E-state index in [2.05, 4.69) is 10.3 Å². The minimum Gasteiger partial charge on any atom is -0.496 e. The van der Waals surface area contributed by atoms with Gasteiger partial charge in [-0.1, -0.05) is 5.21 Å². The van der Waals surface area contributed by atoms with Gasteiger partial charge < -0.3 is 9.84 Å². The number of nitrogens with zero attached hydrogens (tertiary/aromatic N) is 4. The molecule has 0 atom stereocenters. The molecule has 100 valence electrons. The molecule has 0 spiro atoms. The molecule has 1 aromatic heterocycles. The van der Waals surface area contributed by atoms with Crippen LogP contribution in [0.25, 0.3) is 0 Å². The second kappa shape index (κ2) is 5.44. The zero-order valence-corrected chi connectivity index (χ0v) is 10.2. The summed E-state index contributed by atoms with van der Waals surface area (Å²) in [4.78, 5) is 10.3. The Hall–Kier alpha value is -2.48. The zero-order chi connectivity index (χ0) is 13.8. The highest BCUT2D eigenvalue weighted by molar-refractivity contribution is 5.43. The number of aliphatic hydroxyl groups excluding tert-OH is 1. The van der Waals surface area contributed by atoms with E-state index in [1.807, 2.05) is 0 Å². The number of rotatable bonds is 5. The Bertz CT molecular complexity index is 596. The van der Waals surface area contributed by atoms with E-state index in [0.717, 1.165) is 0 Å². The molecule has 0 aliphatic rings. The SMILES string of the molecule is COc1ccc([N+](=O)[O-])cc1Cn1cc(CO)nn1. The Balaban J connectivity index is 2.31. The molecule has 0 aliphatic heterocycles. The van der Waals surface area contributed by atoms with Crippen molar-refractivity contribution in [2.24, 2.45) is 0 Å². The molecular weight excluding hydrogens is 252 g/mol. The lowest BCUT2D eigenvalue weighted by Crippen LogP contribution is -2.03. The number of methoxy groups -OCH3 is 1. The van der Waals surface area contributed by atoms with Gasteiger partial charge in [0.05, 0.1) is 31.4 Å². The van der Waals surface area contributed by atoms with Gasteiger partial charge in [0.15, 0.2) is 0 Å². The van der Waals surface area contributed by atoms with Crippen molar-refractivity contribution in [3.05, 3.63) is 45.8 Å². The first-order chi connectivity index (χ1) is 9.13. The van der Waals surface area contributed by atoms with Gasteiger partial charge in [-0.3, -0.25) is 10.1 Å². The molecule has 2 rings (SSSR count). The molecule has 1 heterocycles. The molecule has 2 aromatic rings. The van der Waals surface area contributed by atoms with Crippen molar-refractivity contribution in [2.45, 2.75) is 13.2 Å². The van der Waals surface area contributed by atoms with E-state index in [9.17, 15) is 10.1 Å². The topological polar surface area (TPSA) is 103 Å². The summed E-state index contributed by atoms with van der Waals surface area (Å²) < 4.78 is 6.63. The first-order valence-electron chi connectivity index (χ1n) is 5.45. The van der Waals surface area contributed by atoms with Crippen molar-refractivity contribution >= 4 is 5.69 Å². The third-order valence-electron chi connectivity index (χ3n) is 2.56. The van der Waals surface area contributed by atoms with E-state index >= 15 is 0 Å². The quantitative estimate of drug-likeness (QED) is 0.631. The molecule has 0 aliphatic carbocycles. The lowest BCUT2D eigenvalue weighted by atomic mass is 10.2. The minimum absolute atomic E-state index is 0.0155. The van der Waals surface area contributed by atoms with Crippen LogP contribution in [-0.2, 0) is 13.2 Å². The van der Waals surface area contributed by atoms with Crippen molar-refractivity contribution in [3.8, 4) is 5.75 Å². The summed E-state index contributed by atoms with van der Waals surface area (Å²) in [7, 11) is 1.49. The Morgan fingerprint density at radius 1 is 1.53 bits per heavy atom. The van der Waals surface area contributed by atoms with Gasteiger partial charge in [0.2, 0.25) is 0 Å². The first-order valence-corrected chi connectivity index (χ1v) is 5.45. The standard InChI is InChI=1S/C11H12N4O4/c1-19-11-3-2-10(15(17)18)4-8(11)5-14-6-9(7-16)12-13-14/h2-4,6,16H,5,7H2,1H3. The number of ether oxygens (including phenoxy) is 1. The van der Waals surface area contributed by atoms with Gasteiger partial charge in [0, 0.05) is 17.7 Å². The Labute approximate surface area is 108 Å². The van der Waals surface area contributed by atoms with E-state index < -0.39 is 4.92 Å². The molecule has 1 N–H and O–H groups in total. The molecule has 1 aromatic carbocycles. The summed E-state index contributed by atoms with van der Waals surface area (Å²) in [6.45, 7) is 0.0733. The molecule has 0 saturated heterocycles. The average molecular weight is 264 g/mol. The average Bonchev–Trinajstić information content (AvgIpc) is 2.86. The van der Waals surface area contributed by atoms with Gasteiger partial charge in [0.25, 0.3) is 5.69 Å². The smallest absolute Gasteiger partial charge is 0.270 e. The number of benzene rings is 1. The maximum atomic E-state index is 10.8. The lowest BCUT2D eigenvalue weighted by molar-refractivity contribution is -0.384. The third kappa shape index (κ3) is 2.86. The largest absolute Gasteiger partial charge is 0.496 e. The van der Waals surface area contributed by atoms with Gasteiger partial charge in [-0.25, -0.2) is 4.68 Å². The van der Waals surface area contributed by atoms with E-state index in [-0.39, 0.29) is 18.8 Å². The second-order valence-corrected chi connectivity index (χ2v) is 3.82. The molecule has 0 bridgehead atoms. The Morgan fingerprint density at radius 2 is 2.32 bits per heavy atom. The van der Waals surface area contributed by atoms with Crippen LogP contribution in [0.5, 0.6) is 5.75 Å². The maximum absolute atomic E-state index is 10.8. The maximum Gasteiger partial charge on any atom is 0.270 e. The van der Waals surface area contributed by atoms with Gasteiger partial charge in [-0.15, -0.1) is 5.10 Å². The second-order valence-electron chi connectivity index (χ2n) is 3.82. The molecule has 0 fully saturated rings.